The number of nitrogens with one attached hydrogen (secondary N) is 1. The Bertz CT molecular complexity index is 719. The highest BCUT2D eigenvalue weighted by Crippen LogP contribution is 2.31. The third-order valence-electron chi connectivity index (χ3n) is 4.88. The summed E-state index contributed by atoms with van der Waals surface area (Å²) >= 11 is 0. The van der Waals surface area contributed by atoms with Crippen molar-refractivity contribution in [1.29, 1.82) is 0 Å². The molecule has 2 N–H and O–H groups in total. The van der Waals surface area contributed by atoms with Crippen LogP contribution >= 0.6 is 0 Å². The van der Waals surface area contributed by atoms with Gasteiger partial charge in [0.25, 0.3) is 5.91 Å². The number of benzene rings is 1. The number of hydrogen-bond acceptors (Lipinski definition) is 2. The second-order valence-electron chi connectivity index (χ2n) is 6.97. The third kappa shape index (κ3) is 2.52. The molecule has 1 saturated heterocycles. The van der Waals surface area contributed by atoms with Crippen molar-refractivity contribution in [2.45, 2.75) is 33.6 Å². The lowest BCUT2D eigenvalue weighted by Crippen LogP contribution is -2.46. The molecule has 2 heterocycles. The Morgan fingerprint density at radius 2 is 2.18 bits per heavy atom. The van der Waals surface area contributed by atoms with Crippen LogP contribution in [0.25, 0.3) is 10.9 Å². The standard InChI is InChI=1S/C18H24N2O2/c1-12-5-6-15-14(9-12)13(2)16(19-15)17(22)20-8-4-7-18(3,10-20)11-21/h5-6,9,19,21H,4,7-8,10-11H2,1-3H3. The Kier molecular flexibility index (Phi) is 3.73. The van der Waals surface area contributed by atoms with Gasteiger partial charge in [0.1, 0.15) is 5.69 Å². The minimum Gasteiger partial charge on any atom is -0.396 e. The van der Waals surface area contributed by atoms with Gasteiger partial charge in [-0.05, 0) is 44.4 Å². The van der Waals surface area contributed by atoms with Gasteiger partial charge >= 0.3 is 0 Å². The number of amides is 1. The second kappa shape index (κ2) is 5.43. The van der Waals surface area contributed by atoms with E-state index < -0.39 is 0 Å². The molecular weight excluding hydrogens is 276 g/mol. The molecule has 4 nitrogen and oxygen atoms in total. The molecule has 22 heavy (non-hydrogen) atoms. The molecule has 118 valence electrons. The number of hydrogen-bond donors (Lipinski definition) is 2. The Morgan fingerprint density at radius 1 is 1.41 bits per heavy atom. The average Bonchev–Trinajstić information content (AvgIpc) is 2.83. The molecule has 3 rings (SSSR count). The topological polar surface area (TPSA) is 56.3 Å². The first-order chi connectivity index (χ1) is 10.4. The maximum absolute atomic E-state index is 12.9. The minimum atomic E-state index is -0.176. The fourth-order valence-electron chi connectivity index (χ4n) is 3.43. The Hall–Kier alpha value is -1.81. The molecule has 1 amide bonds. The lowest BCUT2D eigenvalue weighted by molar-refractivity contribution is 0.0354. The fraction of sp³-hybridized carbons (Fsp3) is 0.500. The van der Waals surface area contributed by atoms with Crippen LogP contribution in [0.15, 0.2) is 18.2 Å². The highest BCUT2D eigenvalue weighted by Gasteiger charge is 2.33. The number of aromatic nitrogens is 1. The van der Waals surface area contributed by atoms with Gasteiger partial charge in [0.15, 0.2) is 0 Å². The Labute approximate surface area is 131 Å². The van der Waals surface area contributed by atoms with Crippen LogP contribution in [-0.2, 0) is 0 Å². The van der Waals surface area contributed by atoms with Crippen LogP contribution in [-0.4, -0.2) is 40.6 Å². The summed E-state index contributed by atoms with van der Waals surface area (Å²) in [6.07, 6.45) is 1.92. The molecule has 1 atom stereocenters. The number of aliphatic hydroxyl groups is 1. The Morgan fingerprint density at radius 3 is 2.91 bits per heavy atom. The zero-order chi connectivity index (χ0) is 15.9. The number of aliphatic hydroxyl groups excluding tert-OH is 1. The number of carbonyl (C=O) groups is 1. The van der Waals surface area contributed by atoms with Crippen molar-refractivity contribution in [2.75, 3.05) is 19.7 Å². The molecule has 0 bridgehead atoms. The van der Waals surface area contributed by atoms with E-state index in [4.69, 9.17) is 0 Å². The smallest absolute Gasteiger partial charge is 0.270 e. The summed E-state index contributed by atoms with van der Waals surface area (Å²) in [6.45, 7) is 7.62. The number of nitrogens with zero attached hydrogens (tertiary/aromatic N) is 1. The van der Waals surface area contributed by atoms with E-state index in [0.717, 1.165) is 35.9 Å². The molecule has 1 aromatic heterocycles. The summed E-state index contributed by atoms with van der Waals surface area (Å²) in [6, 6.07) is 6.20. The van der Waals surface area contributed by atoms with Crippen LogP contribution in [0.4, 0.5) is 0 Å². The first-order valence-corrected chi connectivity index (χ1v) is 7.93. The molecule has 1 aromatic carbocycles. The molecule has 0 saturated carbocycles. The maximum atomic E-state index is 12.9. The molecule has 1 unspecified atom stereocenters. The van der Waals surface area contributed by atoms with Gasteiger partial charge in [0.2, 0.25) is 0 Å². The van der Waals surface area contributed by atoms with Crippen molar-refractivity contribution in [1.82, 2.24) is 9.88 Å². The van der Waals surface area contributed by atoms with Gasteiger partial charge in [0, 0.05) is 29.4 Å². The van der Waals surface area contributed by atoms with E-state index in [0.29, 0.717) is 12.2 Å². The number of likely N-dealkylation sites (tertiary alicyclic amines) is 1. The van der Waals surface area contributed by atoms with Gasteiger partial charge in [0.05, 0.1) is 6.61 Å². The summed E-state index contributed by atoms with van der Waals surface area (Å²) in [5.41, 5.74) is 3.72. The molecule has 2 aromatic rings. The van der Waals surface area contributed by atoms with Crippen molar-refractivity contribution in [3.8, 4) is 0 Å². The zero-order valence-electron chi connectivity index (χ0n) is 13.6. The summed E-state index contributed by atoms with van der Waals surface area (Å²) in [7, 11) is 0. The van der Waals surface area contributed by atoms with Crippen LogP contribution < -0.4 is 0 Å². The molecule has 1 fully saturated rings. The van der Waals surface area contributed by atoms with Crippen LogP contribution in [0.5, 0.6) is 0 Å². The number of aryl methyl sites for hydroxylation is 2. The SMILES string of the molecule is Cc1ccc2[nH]c(C(=O)N3CCCC(C)(CO)C3)c(C)c2c1. The molecule has 4 heteroatoms. The van der Waals surface area contributed by atoms with Gasteiger partial charge in [-0.25, -0.2) is 0 Å². The van der Waals surface area contributed by atoms with E-state index in [1.165, 1.54) is 5.56 Å². The van der Waals surface area contributed by atoms with E-state index in [-0.39, 0.29) is 17.9 Å². The number of piperidine rings is 1. The van der Waals surface area contributed by atoms with E-state index in [9.17, 15) is 9.90 Å². The van der Waals surface area contributed by atoms with Crippen molar-refractivity contribution in [3.63, 3.8) is 0 Å². The van der Waals surface area contributed by atoms with E-state index in [1.807, 2.05) is 24.8 Å². The highest BCUT2D eigenvalue weighted by molar-refractivity contribution is 6.01. The Balaban J connectivity index is 1.93. The summed E-state index contributed by atoms with van der Waals surface area (Å²) in [4.78, 5) is 18.1. The van der Waals surface area contributed by atoms with Gasteiger partial charge in [-0.2, -0.15) is 0 Å². The molecular formula is C18H24N2O2. The zero-order valence-corrected chi connectivity index (χ0v) is 13.6. The number of aromatic amines is 1. The maximum Gasteiger partial charge on any atom is 0.270 e. The average molecular weight is 300 g/mol. The van der Waals surface area contributed by atoms with Gasteiger partial charge in [-0.1, -0.05) is 18.6 Å². The predicted molar refractivity (Wildman–Crippen MR) is 88.1 cm³/mol. The molecule has 0 aliphatic carbocycles. The van der Waals surface area contributed by atoms with Crippen LogP contribution in [0, 0.1) is 19.3 Å². The number of fused-ring (bicyclic) bond motifs is 1. The highest BCUT2D eigenvalue weighted by atomic mass is 16.3. The van der Waals surface area contributed by atoms with Gasteiger partial charge in [-0.15, -0.1) is 0 Å². The lowest BCUT2D eigenvalue weighted by atomic mass is 9.82. The molecule has 0 spiro atoms. The number of carbonyl (C=O) groups excluding carboxylic acids is 1. The normalized spacial score (nSPS) is 22.3. The fourth-order valence-corrected chi connectivity index (χ4v) is 3.43. The summed E-state index contributed by atoms with van der Waals surface area (Å²) < 4.78 is 0. The van der Waals surface area contributed by atoms with Crippen molar-refractivity contribution in [2.24, 2.45) is 5.41 Å². The molecule has 1 aliphatic rings. The van der Waals surface area contributed by atoms with Crippen LogP contribution in [0.3, 0.4) is 0 Å². The van der Waals surface area contributed by atoms with E-state index in [1.54, 1.807) is 0 Å². The monoisotopic (exact) mass is 300 g/mol. The van der Waals surface area contributed by atoms with Gasteiger partial charge < -0.3 is 15.0 Å². The first kappa shape index (κ1) is 15.1. The molecule has 0 radical (unpaired) electrons. The predicted octanol–water partition coefficient (Wildman–Crippen LogP) is 3.02. The van der Waals surface area contributed by atoms with Crippen molar-refractivity contribution >= 4 is 16.8 Å². The quantitative estimate of drug-likeness (QED) is 0.895. The van der Waals surface area contributed by atoms with Crippen molar-refractivity contribution in [3.05, 3.63) is 35.0 Å². The van der Waals surface area contributed by atoms with Crippen LogP contribution in [0.1, 0.15) is 41.4 Å². The number of rotatable bonds is 2. The number of H-pyrrole nitrogens is 1. The minimum absolute atomic E-state index is 0.0470. The largest absolute Gasteiger partial charge is 0.396 e. The summed E-state index contributed by atoms with van der Waals surface area (Å²) in [5.74, 6) is 0.0470. The molecule has 1 aliphatic heterocycles. The first-order valence-electron chi connectivity index (χ1n) is 7.93. The second-order valence-corrected chi connectivity index (χ2v) is 6.97. The van der Waals surface area contributed by atoms with Gasteiger partial charge in [-0.3, -0.25) is 4.79 Å². The van der Waals surface area contributed by atoms with Crippen molar-refractivity contribution < 1.29 is 9.90 Å². The van der Waals surface area contributed by atoms with E-state index >= 15 is 0 Å². The van der Waals surface area contributed by atoms with Crippen LogP contribution in [0.2, 0.25) is 0 Å². The third-order valence-corrected chi connectivity index (χ3v) is 4.88. The van der Waals surface area contributed by atoms with E-state index in [2.05, 4.69) is 24.0 Å². The summed E-state index contributed by atoms with van der Waals surface area (Å²) in [5, 5.41) is 10.7. The lowest BCUT2D eigenvalue weighted by Gasteiger charge is -2.39.